The maximum atomic E-state index is 3.89. The molecule has 0 spiro atoms. The van der Waals surface area contributed by atoms with Gasteiger partial charge in [0.15, 0.2) is 0 Å². The number of fused-ring (bicyclic) bond motifs is 13. The molecular weight excluding hydrogens is 852 g/mol. The minimum Gasteiger partial charge on any atom is -0.358 e. The zero-order valence-corrected chi connectivity index (χ0v) is 39.8. The van der Waals surface area contributed by atoms with Gasteiger partial charge in [0, 0.05) is 27.2 Å². The van der Waals surface area contributed by atoms with E-state index in [2.05, 4.69) is 237 Å². The fourth-order valence-corrected chi connectivity index (χ4v) is 11.2. The largest absolute Gasteiger partial charge is 2.00 e. The Hall–Kier alpha value is -6.65. The second kappa shape index (κ2) is 15.8. The standard InChI is InChI=1S/C31H38N2.C30H15N2.Cu/c1-20(2)24-13-11-14-25(21(3)4)30(24)32-19-33(29-18-10-9-17-28(29)32)31-26(22(5)6)15-12-16-27(31)23(7)8;1-3-13-25-17(7-1)19-9-5-11-21-23-16-28-24(15-27(23)31(25)29(19)21)22-12-6-10-20-18-8-2-4-14-26(18)32(28)30(20)22;/h9-18,20-23H,1-8H3;1-15H;/q;-1;+2. The molecule has 0 amide bonds. The molecule has 0 N–H and O–H groups in total. The van der Waals surface area contributed by atoms with Gasteiger partial charge in [-0.25, -0.2) is 0 Å². The Labute approximate surface area is 396 Å². The summed E-state index contributed by atoms with van der Waals surface area (Å²) in [6.07, 6.45) is 3.84. The van der Waals surface area contributed by atoms with Crippen LogP contribution in [-0.4, -0.2) is 13.4 Å². The summed E-state index contributed by atoms with van der Waals surface area (Å²) in [5.41, 5.74) is 18.0. The van der Waals surface area contributed by atoms with E-state index in [9.17, 15) is 0 Å². The van der Waals surface area contributed by atoms with Gasteiger partial charge in [0.1, 0.15) is 0 Å². The molecule has 0 aliphatic carbocycles. The third kappa shape index (κ3) is 5.99. The van der Waals surface area contributed by atoms with Gasteiger partial charge in [-0.3, -0.25) is 9.13 Å². The number of hydrogen-bond acceptors (Lipinski definition) is 0. The van der Waals surface area contributed by atoms with Crippen molar-refractivity contribution in [3.8, 4) is 11.4 Å². The van der Waals surface area contributed by atoms with E-state index in [4.69, 9.17) is 0 Å². The second-order valence-corrected chi connectivity index (χ2v) is 19.3. The van der Waals surface area contributed by atoms with Gasteiger partial charge in [0.25, 0.3) is 6.33 Å². The Morgan fingerprint density at radius 2 is 0.848 bits per heavy atom. The van der Waals surface area contributed by atoms with Gasteiger partial charge >= 0.3 is 17.1 Å². The molecule has 327 valence electrons. The summed E-state index contributed by atoms with van der Waals surface area (Å²) in [5, 5.41) is 10.3. The van der Waals surface area contributed by atoms with Gasteiger partial charge in [-0.1, -0.05) is 200 Å². The number of hydrogen-bond donors (Lipinski definition) is 0. The fraction of sp³-hybridized carbons (Fsp3) is 0.197. The SMILES string of the molecule is CC(C)c1cccc(C(C)C)c1-n1[c-][n+](-c2c(C(C)C)cccc2C(C)C)c2ccccc21.[Cu+2].[c-]1c2c3cccc4c5ccccc5n(c2cc2c5cccc6c7ccccc7n(c12)c56)c34. The van der Waals surface area contributed by atoms with Gasteiger partial charge < -0.3 is 8.80 Å². The molecule has 66 heavy (non-hydrogen) atoms. The van der Waals surface area contributed by atoms with E-state index in [-0.39, 0.29) is 17.1 Å². The number of para-hydroxylation sites is 8. The molecule has 1 radical (unpaired) electrons. The van der Waals surface area contributed by atoms with Crippen LogP contribution in [0.3, 0.4) is 0 Å². The Bertz CT molecular complexity index is 3660. The zero-order chi connectivity index (χ0) is 44.4. The molecule has 5 heterocycles. The van der Waals surface area contributed by atoms with Crippen molar-refractivity contribution >= 4 is 87.2 Å². The van der Waals surface area contributed by atoms with Crippen molar-refractivity contribution in [3.05, 3.63) is 186 Å². The van der Waals surface area contributed by atoms with Crippen LogP contribution in [0.25, 0.3) is 98.6 Å². The van der Waals surface area contributed by atoms with E-state index in [0.717, 1.165) is 0 Å². The summed E-state index contributed by atoms with van der Waals surface area (Å²) in [7, 11) is 0. The molecule has 0 saturated heterocycles. The van der Waals surface area contributed by atoms with Crippen LogP contribution >= 0.6 is 0 Å². The first kappa shape index (κ1) is 42.0. The molecule has 4 nitrogen and oxygen atoms in total. The molecule has 5 aromatic heterocycles. The maximum Gasteiger partial charge on any atom is 2.00 e. The van der Waals surface area contributed by atoms with Gasteiger partial charge in [-0.2, -0.15) is 0 Å². The number of imidazole rings is 1. The Balaban J connectivity index is 0.000000144. The smallest absolute Gasteiger partial charge is 0.358 e. The van der Waals surface area contributed by atoms with E-state index >= 15 is 0 Å². The Morgan fingerprint density at radius 1 is 0.409 bits per heavy atom. The molecular formula is C61H53CuN4+. The topological polar surface area (TPSA) is 17.6 Å². The van der Waals surface area contributed by atoms with E-state index in [0.29, 0.717) is 23.7 Å². The minimum atomic E-state index is 0. The molecule has 0 fully saturated rings. The summed E-state index contributed by atoms with van der Waals surface area (Å²) in [5.74, 6) is 1.71. The predicted octanol–water partition coefficient (Wildman–Crippen LogP) is 16.0. The third-order valence-corrected chi connectivity index (χ3v) is 14.1. The normalized spacial score (nSPS) is 12.4. The summed E-state index contributed by atoms with van der Waals surface area (Å²) in [6.45, 7) is 18.3. The van der Waals surface area contributed by atoms with E-state index < -0.39 is 0 Å². The molecule has 8 aromatic carbocycles. The first-order valence-electron chi connectivity index (χ1n) is 23.5. The van der Waals surface area contributed by atoms with Crippen LogP contribution in [-0.2, 0) is 17.1 Å². The predicted molar refractivity (Wildman–Crippen MR) is 275 cm³/mol. The monoisotopic (exact) mass is 904 g/mol. The average Bonchev–Trinajstić information content (AvgIpc) is 4.12. The Kier molecular flexibility index (Phi) is 10.0. The molecule has 0 unspecified atom stereocenters. The van der Waals surface area contributed by atoms with Gasteiger partial charge in [0.2, 0.25) is 0 Å². The molecule has 5 heteroatoms. The van der Waals surface area contributed by atoms with Crippen molar-refractivity contribution in [1.29, 1.82) is 0 Å². The summed E-state index contributed by atoms with van der Waals surface area (Å²) in [6, 6.07) is 59.4. The number of rotatable bonds is 6. The third-order valence-electron chi connectivity index (χ3n) is 14.1. The number of benzene rings is 8. The first-order valence-corrected chi connectivity index (χ1v) is 23.5. The van der Waals surface area contributed by atoms with Gasteiger partial charge in [-0.15, -0.1) is 17.5 Å². The second-order valence-electron chi connectivity index (χ2n) is 19.3. The quantitative estimate of drug-likeness (QED) is 0.0899. The van der Waals surface area contributed by atoms with Crippen molar-refractivity contribution < 1.29 is 21.6 Å². The molecule has 0 saturated carbocycles. The number of nitrogens with zero attached hydrogens (tertiary/aromatic N) is 4. The Morgan fingerprint density at radius 3 is 1.42 bits per heavy atom. The van der Waals surface area contributed by atoms with Crippen LogP contribution in [0.1, 0.15) is 101 Å². The minimum absolute atomic E-state index is 0. The van der Waals surface area contributed by atoms with Crippen LogP contribution in [0.15, 0.2) is 152 Å². The maximum absolute atomic E-state index is 3.89. The van der Waals surface area contributed by atoms with Crippen molar-refractivity contribution in [2.45, 2.75) is 79.1 Å². The molecule has 0 aliphatic heterocycles. The van der Waals surface area contributed by atoms with E-state index in [1.165, 1.54) is 121 Å². The van der Waals surface area contributed by atoms with Crippen LogP contribution in [0, 0.1) is 12.4 Å². The number of aromatic nitrogens is 4. The van der Waals surface area contributed by atoms with Gasteiger partial charge in [-0.05, 0) is 79.9 Å². The molecule has 13 aromatic rings. The summed E-state index contributed by atoms with van der Waals surface area (Å²) < 4.78 is 9.50. The van der Waals surface area contributed by atoms with Crippen molar-refractivity contribution in [2.24, 2.45) is 0 Å². The van der Waals surface area contributed by atoms with Crippen molar-refractivity contribution in [2.75, 3.05) is 0 Å². The van der Waals surface area contributed by atoms with Crippen molar-refractivity contribution in [3.63, 3.8) is 0 Å². The van der Waals surface area contributed by atoms with Crippen LogP contribution < -0.4 is 4.57 Å². The van der Waals surface area contributed by atoms with E-state index in [1.54, 1.807) is 0 Å². The molecule has 0 bridgehead atoms. The first-order chi connectivity index (χ1) is 31.6. The fourth-order valence-electron chi connectivity index (χ4n) is 11.2. The molecule has 13 rings (SSSR count). The summed E-state index contributed by atoms with van der Waals surface area (Å²) in [4.78, 5) is 0. The van der Waals surface area contributed by atoms with Crippen LogP contribution in [0.4, 0.5) is 0 Å². The zero-order valence-electron chi connectivity index (χ0n) is 38.8. The van der Waals surface area contributed by atoms with Crippen LogP contribution in [0.2, 0.25) is 0 Å². The average molecular weight is 906 g/mol. The molecule has 0 atom stereocenters. The van der Waals surface area contributed by atoms with Crippen molar-refractivity contribution in [1.82, 2.24) is 13.4 Å². The van der Waals surface area contributed by atoms with Crippen LogP contribution in [0.5, 0.6) is 0 Å². The van der Waals surface area contributed by atoms with E-state index in [1.807, 2.05) is 0 Å². The van der Waals surface area contributed by atoms with Gasteiger partial charge in [0.05, 0.1) is 33.4 Å². The molecule has 0 aliphatic rings. The summed E-state index contributed by atoms with van der Waals surface area (Å²) >= 11 is 0.